The van der Waals surface area contributed by atoms with Gasteiger partial charge in [0.25, 0.3) is 5.56 Å². The van der Waals surface area contributed by atoms with Crippen LogP contribution in [0.25, 0.3) is 11.2 Å². The van der Waals surface area contributed by atoms with E-state index < -0.39 is 17.4 Å². The summed E-state index contributed by atoms with van der Waals surface area (Å²) in [6, 6.07) is 9.27. The molecular weight excluding hydrogens is 400 g/mol. The molecular formula is C21H28N6O4. The summed E-state index contributed by atoms with van der Waals surface area (Å²) in [5.74, 6) is 0.562. The van der Waals surface area contributed by atoms with Crippen LogP contribution in [0.1, 0.15) is 11.7 Å². The summed E-state index contributed by atoms with van der Waals surface area (Å²) in [7, 11) is 3.04. The second kappa shape index (κ2) is 8.66. The standard InChI is InChI=1S/C21H28N6O4/c1-23-18-17(19(30)24(2)21(23)31)27(14-16(29)15-6-4-3-5-7-15)20(22-18)26-10-8-25(9-11-26)12-13-28/h3-7,16,28-29H,8-14H2,1-2H3/t16-/m0/s1. The van der Waals surface area contributed by atoms with E-state index in [0.717, 1.165) is 23.2 Å². The Labute approximate surface area is 179 Å². The smallest absolute Gasteiger partial charge is 0.332 e. The maximum absolute atomic E-state index is 13.0. The van der Waals surface area contributed by atoms with Gasteiger partial charge in [-0.3, -0.25) is 18.8 Å². The first-order valence-corrected chi connectivity index (χ1v) is 10.4. The highest BCUT2D eigenvalue weighted by Crippen LogP contribution is 2.25. The number of hydrogen-bond acceptors (Lipinski definition) is 7. The van der Waals surface area contributed by atoms with Gasteiger partial charge in [-0.2, -0.15) is 4.98 Å². The third kappa shape index (κ3) is 3.89. The molecule has 0 unspecified atom stereocenters. The first-order valence-electron chi connectivity index (χ1n) is 10.4. The van der Waals surface area contributed by atoms with E-state index in [2.05, 4.69) is 14.8 Å². The molecule has 2 N–H and O–H groups in total. The van der Waals surface area contributed by atoms with E-state index in [4.69, 9.17) is 0 Å². The van der Waals surface area contributed by atoms with Crippen LogP contribution >= 0.6 is 0 Å². The number of rotatable bonds is 6. The van der Waals surface area contributed by atoms with E-state index in [9.17, 15) is 19.8 Å². The van der Waals surface area contributed by atoms with Crippen molar-refractivity contribution in [2.45, 2.75) is 12.6 Å². The van der Waals surface area contributed by atoms with Gasteiger partial charge in [-0.15, -0.1) is 0 Å². The fourth-order valence-electron chi connectivity index (χ4n) is 4.12. The number of fused-ring (bicyclic) bond motifs is 1. The molecule has 1 atom stereocenters. The Hall–Kier alpha value is -2.95. The molecule has 3 heterocycles. The number of aliphatic hydroxyl groups excluding tert-OH is 2. The first kappa shape index (κ1) is 21.3. The largest absolute Gasteiger partial charge is 0.395 e. The lowest BCUT2D eigenvalue weighted by molar-refractivity contribution is 0.157. The van der Waals surface area contributed by atoms with E-state index in [1.54, 1.807) is 11.6 Å². The van der Waals surface area contributed by atoms with E-state index in [0.29, 0.717) is 36.7 Å². The number of anilines is 1. The predicted molar refractivity (Wildman–Crippen MR) is 117 cm³/mol. The molecule has 31 heavy (non-hydrogen) atoms. The van der Waals surface area contributed by atoms with Crippen molar-refractivity contribution in [2.75, 3.05) is 44.2 Å². The normalized spacial score (nSPS) is 16.2. The molecule has 10 nitrogen and oxygen atoms in total. The van der Waals surface area contributed by atoms with Crippen molar-refractivity contribution in [3.63, 3.8) is 0 Å². The number of imidazole rings is 1. The van der Waals surface area contributed by atoms with E-state index in [1.165, 1.54) is 11.6 Å². The minimum atomic E-state index is -0.838. The molecule has 10 heteroatoms. The molecule has 0 amide bonds. The summed E-state index contributed by atoms with van der Waals surface area (Å²) in [4.78, 5) is 34.4. The molecule has 3 aromatic rings. The van der Waals surface area contributed by atoms with E-state index in [-0.39, 0.29) is 13.2 Å². The van der Waals surface area contributed by atoms with Gasteiger partial charge in [0.2, 0.25) is 5.95 Å². The highest BCUT2D eigenvalue weighted by atomic mass is 16.3. The van der Waals surface area contributed by atoms with Gasteiger partial charge in [-0.1, -0.05) is 30.3 Å². The van der Waals surface area contributed by atoms with Crippen LogP contribution in [0.15, 0.2) is 39.9 Å². The van der Waals surface area contributed by atoms with Crippen molar-refractivity contribution in [3.05, 3.63) is 56.7 Å². The Morgan fingerprint density at radius 2 is 1.71 bits per heavy atom. The quantitative estimate of drug-likeness (QED) is 0.533. The van der Waals surface area contributed by atoms with Crippen molar-refractivity contribution in [1.82, 2.24) is 23.6 Å². The second-order valence-electron chi connectivity index (χ2n) is 7.88. The van der Waals surface area contributed by atoms with Gasteiger partial charge in [0, 0.05) is 46.8 Å². The van der Waals surface area contributed by atoms with Crippen LogP contribution in [0.3, 0.4) is 0 Å². The van der Waals surface area contributed by atoms with Gasteiger partial charge in [-0.05, 0) is 5.56 Å². The maximum atomic E-state index is 13.0. The third-order valence-electron chi connectivity index (χ3n) is 5.94. The lowest BCUT2D eigenvalue weighted by Crippen LogP contribution is -2.48. The van der Waals surface area contributed by atoms with Crippen LogP contribution in [0, 0.1) is 0 Å². The lowest BCUT2D eigenvalue weighted by atomic mass is 10.1. The maximum Gasteiger partial charge on any atom is 0.332 e. The summed E-state index contributed by atoms with van der Waals surface area (Å²) in [5.41, 5.74) is 0.472. The Kier molecular flexibility index (Phi) is 5.94. The predicted octanol–water partition coefficient (Wildman–Crippen LogP) is -0.718. The number of nitrogens with zero attached hydrogens (tertiary/aromatic N) is 6. The molecule has 2 aromatic heterocycles. The van der Waals surface area contributed by atoms with Gasteiger partial charge in [-0.25, -0.2) is 4.79 Å². The van der Waals surface area contributed by atoms with Crippen LogP contribution in [0.4, 0.5) is 5.95 Å². The molecule has 1 saturated heterocycles. The zero-order valence-corrected chi connectivity index (χ0v) is 17.8. The van der Waals surface area contributed by atoms with Crippen molar-refractivity contribution in [3.8, 4) is 0 Å². The van der Waals surface area contributed by atoms with Crippen LogP contribution < -0.4 is 16.1 Å². The average molecular weight is 428 g/mol. The highest BCUT2D eigenvalue weighted by molar-refractivity contribution is 5.74. The molecule has 1 aliphatic heterocycles. The minimum Gasteiger partial charge on any atom is -0.395 e. The van der Waals surface area contributed by atoms with Crippen LogP contribution in [-0.2, 0) is 20.6 Å². The van der Waals surface area contributed by atoms with Gasteiger partial charge in [0.05, 0.1) is 19.3 Å². The molecule has 0 spiro atoms. The first-order chi connectivity index (χ1) is 14.9. The molecule has 1 fully saturated rings. The van der Waals surface area contributed by atoms with Crippen LogP contribution in [0.5, 0.6) is 0 Å². The SMILES string of the molecule is Cn1c(=O)c2c(nc(N3CCN(CCO)CC3)n2C[C@H](O)c2ccccc2)n(C)c1=O. The van der Waals surface area contributed by atoms with Gasteiger partial charge >= 0.3 is 5.69 Å². The number of aliphatic hydroxyl groups is 2. The molecule has 4 rings (SSSR count). The van der Waals surface area contributed by atoms with E-state index >= 15 is 0 Å². The van der Waals surface area contributed by atoms with Crippen LogP contribution in [-0.4, -0.2) is 73.1 Å². The van der Waals surface area contributed by atoms with Crippen molar-refractivity contribution in [2.24, 2.45) is 14.1 Å². The topological polar surface area (TPSA) is 109 Å². The number of aromatic nitrogens is 4. The summed E-state index contributed by atoms with van der Waals surface area (Å²) in [6.07, 6.45) is -0.838. The third-order valence-corrected chi connectivity index (χ3v) is 5.94. The lowest BCUT2D eigenvalue weighted by Gasteiger charge is -2.35. The molecule has 0 saturated carbocycles. The highest BCUT2D eigenvalue weighted by Gasteiger charge is 2.26. The Morgan fingerprint density at radius 1 is 1.03 bits per heavy atom. The number of hydrogen-bond donors (Lipinski definition) is 2. The number of benzene rings is 1. The molecule has 0 radical (unpaired) electrons. The van der Waals surface area contributed by atoms with Crippen molar-refractivity contribution in [1.29, 1.82) is 0 Å². The van der Waals surface area contributed by atoms with Gasteiger partial charge in [0.15, 0.2) is 11.2 Å². The molecule has 1 aliphatic rings. The Bertz CT molecular complexity index is 1170. The summed E-state index contributed by atoms with van der Waals surface area (Å²) >= 11 is 0. The molecule has 1 aromatic carbocycles. The van der Waals surface area contributed by atoms with Gasteiger partial charge < -0.3 is 19.7 Å². The Balaban J connectivity index is 1.80. The van der Waals surface area contributed by atoms with Crippen LogP contribution in [0.2, 0.25) is 0 Å². The van der Waals surface area contributed by atoms with Gasteiger partial charge in [0.1, 0.15) is 0 Å². The fraction of sp³-hybridized carbons (Fsp3) is 0.476. The zero-order chi connectivity index (χ0) is 22.1. The zero-order valence-electron chi connectivity index (χ0n) is 17.8. The molecule has 166 valence electrons. The van der Waals surface area contributed by atoms with Crippen molar-refractivity contribution < 1.29 is 10.2 Å². The van der Waals surface area contributed by atoms with E-state index in [1.807, 2.05) is 30.3 Å². The second-order valence-corrected chi connectivity index (χ2v) is 7.88. The molecule has 0 aliphatic carbocycles. The number of piperazine rings is 1. The summed E-state index contributed by atoms with van der Waals surface area (Å²) in [5, 5.41) is 20.1. The minimum absolute atomic E-state index is 0.111. The number of aryl methyl sites for hydroxylation is 1. The summed E-state index contributed by atoms with van der Waals surface area (Å²) < 4.78 is 4.17. The fourth-order valence-corrected chi connectivity index (χ4v) is 4.12. The molecule has 0 bridgehead atoms. The van der Waals surface area contributed by atoms with Crippen molar-refractivity contribution >= 4 is 17.1 Å². The summed E-state index contributed by atoms with van der Waals surface area (Å²) in [6.45, 7) is 3.70. The average Bonchev–Trinajstić information content (AvgIpc) is 3.17. The Morgan fingerprint density at radius 3 is 2.35 bits per heavy atom. The number of β-amino-alcohol motifs (C(OH)–C–C–N with tert-alkyl or cyclic N) is 1. The monoisotopic (exact) mass is 428 g/mol.